The van der Waals surface area contributed by atoms with Crippen LogP contribution < -0.4 is 0 Å². The van der Waals surface area contributed by atoms with E-state index in [4.69, 9.17) is 0 Å². The van der Waals surface area contributed by atoms with Gasteiger partial charge in [-0.3, -0.25) is 4.79 Å². The van der Waals surface area contributed by atoms with Crippen LogP contribution in [0.25, 0.3) is 0 Å². The molecule has 0 aromatic heterocycles. The first-order chi connectivity index (χ1) is 13.3. The Labute approximate surface area is 234 Å². The van der Waals surface area contributed by atoms with Crippen LogP contribution in [0, 0.1) is 17.3 Å². The molecule has 0 amide bonds. The molecule has 2 N–H and O–H groups in total. The quantitative estimate of drug-likeness (QED) is 0.288. The van der Waals surface area contributed by atoms with E-state index in [-0.39, 0.29) is 100 Å². The third kappa shape index (κ3) is 10.2. The monoisotopic (exact) mass is 572 g/mol. The first-order valence-corrected chi connectivity index (χ1v) is 11.7. The number of aliphatic hydroxyl groups excluding tert-OH is 2. The second-order valence-corrected chi connectivity index (χ2v) is 9.82. The second kappa shape index (κ2) is 16.2. The predicted octanol–water partition coefficient (Wildman–Crippen LogP) is 4.98. The van der Waals surface area contributed by atoms with Gasteiger partial charge < -0.3 is 15.0 Å². The molecule has 2 aliphatic carbocycles. The third-order valence-electron chi connectivity index (χ3n) is 7.44. The zero-order valence-electron chi connectivity index (χ0n) is 19.3. The number of Topliss-reactive ketones (excluding diaryl/α,β-unsaturated/α-hetero) is 2. The fourth-order valence-electron chi connectivity index (χ4n) is 5.19. The molecular formula is C24H42O4Y2. The number of ketones is 2. The number of carbonyl (C=O) groups is 2. The predicted molar refractivity (Wildman–Crippen MR) is 112 cm³/mol. The molecule has 4 nitrogen and oxygen atoms in total. The topological polar surface area (TPSA) is 74.6 Å². The summed E-state index contributed by atoms with van der Waals surface area (Å²) in [6.07, 6.45) is 13.8. The minimum atomic E-state index is -0.463. The number of hydrogen-bond donors (Lipinski definition) is 2. The zero-order valence-corrected chi connectivity index (χ0v) is 25.0. The van der Waals surface area contributed by atoms with Gasteiger partial charge in [-0.15, -0.1) is 0 Å². The molecule has 0 bridgehead atoms. The molecule has 0 aromatic carbocycles. The Morgan fingerprint density at radius 1 is 1.03 bits per heavy atom. The smallest absolute Gasteiger partial charge is 0.138 e. The Morgan fingerprint density at radius 2 is 1.63 bits per heavy atom. The Bertz CT molecular complexity index is 507. The van der Waals surface area contributed by atoms with Crippen LogP contribution in [0.3, 0.4) is 0 Å². The fraction of sp³-hybridized carbons (Fsp3) is 0.917. The Hall–Kier alpha value is 1.47. The van der Waals surface area contributed by atoms with Crippen LogP contribution in [-0.2, 0) is 75.0 Å². The van der Waals surface area contributed by atoms with E-state index in [1.165, 1.54) is 6.42 Å². The molecular weight excluding hydrogens is 530 g/mol. The molecule has 0 saturated heterocycles. The molecule has 2 saturated carbocycles. The van der Waals surface area contributed by atoms with Crippen LogP contribution in [0.5, 0.6) is 0 Å². The van der Waals surface area contributed by atoms with Crippen LogP contribution in [0.15, 0.2) is 0 Å². The van der Waals surface area contributed by atoms with Gasteiger partial charge in [-0.2, -0.15) is 0 Å². The van der Waals surface area contributed by atoms with Crippen LogP contribution in [0.1, 0.15) is 110 Å². The number of unbranched alkanes of at least 4 members (excludes halogenated alkanes) is 5. The first kappa shape index (κ1) is 31.5. The molecule has 4 atom stereocenters. The summed E-state index contributed by atoms with van der Waals surface area (Å²) < 4.78 is 0. The number of carbonyl (C=O) groups excluding carboxylic acids is 2. The van der Waals surface area contributed by atoms with Gasteiger partial charge in [0.05, 0.1) is 12.2 Å². The van der Waals surface area contributed by atoms with Gasteiger partial charge in [0.15, 0.2) is 0 Å². The summed E-state index contributed by atoms with van der Waals surface area (Å²) in [5.41, 5.74) is 0.156. The van der Waals surface area contributed by atoms with E-state index < -0.39 is 6.10 Å². The van der Waals surface area contributed by atoms with Crippen molar-refractivity contribution in [3.05, 3.63) is 0 Å². The molecule has 0 aliphatic heterocycles. The molecule has 2 aliphatic rings. The summed E-state index contributed by atoms with van der Waals surface area (Å²) in [5, 5.41) is 20.7. The van der Waals surface area contributed by atoms with E-state index in [0.29, 0.717) is 12.8 Å². The SMILES string of the molecule is CC(=O)CCCCCC[C@H]1C(=O)CC(O)[C@@H]1CCCCCC(O)C1(C)CCC1.[Y].[Y]. The average molecular weight is 572 g/mol. The molecule has 0 heterocycles. The van der Waals surface area contributed by atoms with Crippen molar-refractivity contribution >= 4 is 11.6 Å². The van der Waals surface area contributed by atoms with E-state index in [1.54, 1.807) is 6.92 Å². The molecule has 168 valence electrons. The maximum absolute atomic E-state index is 12.3. The standard InChI is InChI=1S/C24H42O4.2Y/c1-18(25)11-6-3-4-7-12-19-20(22(27)17-21(19)26)13-8-5-9-14-23(28)24(2)15-10-16-24;;/h19-20,22-23,27-28H,3-17H2,1-2H3;;/t19-,20-,22?,23?;;/m1../s1. The van der Waals surface area contributed by atoms with Crippen molar-refractivity contribution in [2.24, 2.45) is 17.3 Å². The maximum Gasteiger partial charge on any atom is 0.138 e. The molecule has 30 heavy (non-hydrogen) atoms. The number of rotatable bonds is 14. The van der Waals surface area contributed by atoms with Gasteiger partial charge in [-0.25, -0.2) is 0 Å². The maximum atomic E-state index is 12.3. The molecule has 6 heteroatoms. The number of hydrogen-bond acceptors (Lipinski definition) is 4. The summed E-state index contributed by atoms with van der Waals surface area (Å²) in [6, 6.07) is 0. The van der Waals surface area contributed by atoms with Crippen molar-refractivity contribution in [1.82, 2.24) is 0 Å². The summed E-state index contributed by atoms with van der Waals surface area (Å²) in [5.74, 6) is 0.652. The first-order valence-electron chi connectivity index (χ1n) is 11.7. The minimum Gasteiger partial charge on any atom is -0.393 e. The second-order valence-electron chi connectivity index (χ2n) is 9.82. The van der Waals surface area contributed by atoms with Gasteiger partial charge in [0.2, 0.25) is 0 Å². The third-order valence-corrected chi connectivity index (χ3v) is 7.44. The van der Waals surface area contributed by atoms with Crippen LogP contribution >= 0.6 is 0 Å². The summed E-state index contributed by atoms with van der Waals surface area (Å²) in [4.78, 5) is 23.3. The summed E-state index contributed by atoms with van der Waals surface area (Å²) >= 11 is 0. The van der Waals surface area contributed by atoms with Gasteiger partial charge in [-0.1, -0.05) is 51.9 Å². The van der Waals surface area contributed by atoms with Crippen LogP contribution in [0.4, 0.5) is 0 Å². The van der Waals surface area contributed by atoms with Crippen molar-refractivity contribution in [2.45, 2.75) is 122 Å². The molecule has 0 spiro atoms. The van der Waals surface area contributed by atoms with Crippen LogP contribution in [0.2, 0.25) is 0 Å². The van der Waals surface area contributed by atoms with Crippen molar-refractivity contribution in [2.75, 3.05) is 0 Å². The summed E-state index contributed by atoms with van der Waals surface area (Å²) in [7, 11) is 0. The number of aliphatic hydroxyl groups is 2. The van der Waals surface area contributed by atoms with Gasteiger partial charge in [-0.05, 0) is 56.8 Å². The zero-order chi connectivity index (χ0) is 20.6. The normalized spacial score (nSPS) is 25.7. The molecule has 2 unspecified atom stereocenters. The molecule has 2 fully saturated rings. The van der Waals surface area contributed by atoms with E-state index in [9.17, 15) is 19.8 Å². The van der Waals surface area contributed by atoms with E-state index in [0.717, 1.165) is 77.0 Å². The van der Waals surface area contributed by atoms with Crippen molar-refractivity contribution in [1.29, 1.82) is 0 Å². The minimum absolute atomic E-state index is 0. The molecule has 2 rings (SSSR count). The van der Waals surface area contributed by atoms with E-state index in [2.05, 4.69) is 6.92 Å². The van der Waals surface area contributed by atoms with Gasteiger partial charge in [0, 0.05) is 84.2 Å². The molecule has 0 aromatic rings. The summed E-state index contributed by atoms with van der Waals surface area (Å²) in [6.45, 7) is 3.84. The van der Waals surface area contributed by atoms with E-state index >= 15 is 0 Å². The van der Waals surface area contributed by atoms with Gasteiger partial charge in [0.1, 0.15) is 11.6 Å². The van der Waals surface area contributed by atoms with E-state index in [1.807, 2.05) is 0 Å². The van der Waals surface area contributed by atoms with Crippen molar-refractivity contribution in [3.63, 3.8) is 0 Å². The Morgan fingerprint density at radius 3 is 2.23 bits per heavy atom. The van der Waals surface area contributed by atoms with Crippen LogP contribution in [-0.4, -0.2) is 34.0 Å². The van der Waals surface area contributed by atoms with Gasteiger partial charge >= 0.3 is 0 Å². The average Bonchev–Trinajstić information content (AvgIpc) is 2.88. The Balaban J connectivity index is 0.00000420. The molecule has 2 radical (unpaired) electrons. The Kier molecular flexibility index (Phi) is 16.9. The fourth-order valence-corrected chi connectivity index (χ4v) is 5.19. The van der Waals surface area contributed by atoms with Gasteiger partial charge in [0.25, 0.3) is 0 Å². The van der Waals surface area contributed by atoms with Crippen molar-refractivity contribution in [3.8, 4) is 0 Å². The van der Waals surface area contributed by atoms with Crippen molar-refractivity contribution < 1.29 is 85.2 Å². The largest absolute Gasteiger partial charge is 0.393 e.